The number of aromatic nitrogens is 1. The van der Waals surface area contributed by atoms with Crippen molar-refractivity contribution in [2.24, 2.45) is 0 Å². The Hall–Kier alpha value is -3.43. The number of hydrogen-bond acceptors (Lipinski definition) is 5. The zero-order chi connectivity index (χ0) is 22.0. The third-order valence-electron chi connectivity index (χ3n) is 5.04. The number of amides is 2. The Morgan fingerprint density at radius 2 is 2.00 bits per heavy atom. The number of benzene rings is 1. The first-order valence-corrected chi connectivity index (χ1v) is 10.9. The molecule has 4 rings (SSSR count). The highest BCUT2D eigenvalue weighted by Gasteiger charge is 2.60. The van der Waals surface area contributed by atoms with Gasteiger partial charge in [0, 0.05) is 18.0 Å². The van der Waals surface area contributed by atoms with Crippen LogP contribution in [0.3, 0.4) is 0 Å². The zero-order valence-electron chi connectivity index (χ0n) is 16.3. The summed E-state index contributed by atoms with van der Waals surface area (Å²) in [6.07, 6.45) is 6.50. The average Bonchev–Trinajstić information content (AvgIpc) is 2.76. The van der Waals surface area contributed by atoms with Crippen molar-refractivity contribution in [2.45, 2.75) is 17.8 Å². The number of allylic oxidation sites excluding steroid dienone is 1. The first kappa shape index (κ1) is 20.8. The predicted molar refractivity (Wildman–Crippen MR) is 114 cm³/mol. The van der Waals surface area contributed by atoms with Gasteiger partial charge in [-0.15, -0.1) is 0 Å². The van der Waals surface area contributed by atoms with Gasteiger partial charge in [-0.25, -0.2) is 4.79 Å². The Kier molecular flexibility index (Phi) is 5.88. The monoisotopic (exact) mass is 437 g/mol. The largest absolute Gasteiger partial charge is 0.614 e. The van der Waals surface area contributed by atoms with Crippen LogP contribution in [0.1, 0.15) is 11.1 Å². The molecule has 2 amide bonds. The minimum atomic E-state index is -1.56. The number of aliphatic carboxylic acids is 1. The van der Waals surface area contributed by atoms with Crippen LogP contribution in [0, 0.1) is 0 Å². The van der Waals surface area contributed by atoms with E-state index in [0.29, 0.717) is 0 Å². The molecule has 0 aliphatic carbocycles. The molecule has 3 heterocycles. The maximum absolute atomic E-state index is 12.8. The van der Waals surface area contributed by atoms with E-state index in [0.717, 1.165) is 16.0 Å². The number of carboxylic acids is 1. The van der Waals surface area contributed by atoms with E-state index < -0.39 is 34.5 Å². The highest BCUT2D eigenvalue weighted by molar-refractivity contribution is 7.92. The smallest absolute Gasteiger partial charge is 0.353 e. The van der Waals surface area contributed by atoms with Gasteiger partial charge >= 0.3 is 5.97 Å². The molecule has 8 nitrogen and oxygen atoms in total. The molecule has 158 valence electrons. The summed E-state index contributed by atoms with van der Waals surface area (Å²) in [6, 6.07) is 11.6. The van der Waals surface area contributed by atoms with Gasteiger partial charge in [0.1, 0.15) is 11.4 Å². The summed E-state index contributed by atoms with van der Waals surface area (Å²) < 4.78 is 12.8. The number of pyridine rings is 1. The van der Waals surface area contributed by atoms with E-state index in [4.69, 9.17) is 0 Å². The molecule has 1 saturated heterocycles. The van der Waals surface area contributed by atoms with Crippen LogP contribution in [0.4, 0.5) is 0 Å². The molecule has 3 atom stereocenters. The summed E-state index contributed by atoms with van der Waals surface area (Å²) in [5.41, 5.74) is 1.60. The summed E-state index contributed by atoms with van der Waals surface area (Å²) in [5.74, 6) is -2.28. The minimum absolute atomic E-state index is 0.0299. The number of rotatable bonds is 6. The molecule has 2 unspecified atom stereocenters. The van der Waals surface area contributed by atoms with Gasteiger partial charge in [0.25, 0.3) is 5.91 Å². The number of nitrogens with one attached hydrogen (secondary N) is 1. The summed E-state index contributed by atoms with van der Waals surface area (Å²) >= 11 is -1.56. The number of β-lactam (4-membered cyclic amide) rings is 1. The molecule has 0 spiro atoms. The maximum atomic E-state index is 12.8. The topological polar surface area (TPSA) is 123 Å². The number of nitrogens with zero attached hydrogens (tertiary/aromatic N) is 2. The second kappa shape index (κ2) is 8.75. The van der Waals surface area contributed by atoms with Crippen molar-refractivity contribution in [3.05, 3.63) is 83.3 Å². The van der Waals surface area contributed by atoms with Crippen molar-refractivity contribution in [2.75, 3.05) is 5.75 Å². The Balaban J connectivity index is 1.53. The van der Waals surface area contributed by atoms with E-state index in [1.807, 2.05) is 6.07 Å². The number of carboxylic acid groups (broad SMARTS) is 1. The SMILES string of the molecule is O=C(Cc1ccccc1)NC1C(=O)N2C(C(=O)O)=C(/C=C/c3cccnc3)C[S+]([O-])[C@H]12. The van der Waals surface area contributed by atoms with Crippen molar-refractivity contribution in [1.82, 2.24) is 15.2 Å². The lowest BCUT2D eigenvalue weighted by Gasteiger charge is -2.48. The molecule has 0 bridgehead atoms. The average molecular weight is 437 g/mol. The first-order valence-electron chi connectivity index (χ1n) is 9.54. The molecule has 1 fully saturated rings. The molecule has 0 radical (unpaired) electrons. The van der Waals surface area contributed by atoms with Crippen LogP contribution in [0.25, 0.3) is 6.08 Å². The van der Waals surface area contributed by atoms with Crippen LogP contribution in [0.5, 0.6) is 0 Å². The van der Waals surface area contributed by atoms with E-state index in [2.05, 4.69) is 10.3 Å². The summed E-state index contributed by atoms with van der Waals surface area (Å²) in [7, 11) is 0. The fraction of sp³-hybridized carbons (Fsp3) is 0.182. The van der Waals surface area contributed by atoms with Gasteiger partial charge in [-0.2, -0.15) is 0 Å². The Bertz CT molecular complexity index is 1070. The van der Waals surface area contributed by atoms with Gasteiger partial charge in [-0.3, -0.25) is 19.5 Å². The minimum Gasteiger partial charge on any atom is -0.614 e. The molecule has 2 N–H and O–H groups in total. The van der Waals surface area contributed by atoms with Gasteiger partial charge in [-0.1, -0.05) is 48.6 Å². The van der Waals surface area contributed by atoms with E-state index >= 15 is 0 Å². The zero-order valence-corrected chi connectivity index (χ0v) is 17.1. The van der Waals surface area contributed by atoms with E-state index in [-0.39, 0.29) is 29.4 Å². The Morgan fingerprint density at radius 3 is 2.68 bits per heavy atom. The fourth-order valence-electron chi connectivity index (χ4n) is 3.61. The highest BCUT2D eigenvalue weighted by Crippen LogP contribution is 2.37. The molecule has 2 aromatic rings. The second-order valence-corrected chi connectivity index (χ2v) is 8.66. The van der Waals surface area contributed by atoms with Crippen molar-refractivity contribution in [1.29, 1.82) is 0 Å². The van der Waals surface area contributed by atoms with Crippen molar-refractivity contribution >= 4 is 35.0 Å². The molecular weight excluding hydrogens is 418 g/mol. The first-order chi connectivity index (χ1) is 15.0. The molecule has 2 aliphatic rings. The second-order valence-electron chi connectivity index (χ2n) is 7.13. The lowest BCUT2D eigenvalue weighted by Crippen LogP contribution is -2.74. The summed E-state index contributed by atoms with van der Waals surface area (Å²) in [4.78, 5) is 42.0. The van der Waals surface area contributed by atoms with E-state index in [1.165, 1.54) is 0 Å². The maximum Gasteiger partial charge on any atom is 0.353 e. The predicted octanol–water partition coefficient (Wildman–Crippen LogP) is 1.09. The molecule has 1 aromatic heterocycles. The quantitative estimate of drug-likeness (QED) is 0.515. The van der Waals surface area contributed by atoms with Crippen LogP contribution >= 0.6 is 0 Å². The lowest BCUT2D eigenvalue weighted by molar-refractivity contribution is -0.151. The van der Waals surface area contributed by atoms with Gasteiger partial charge in [0.2, 0.25) is 11.3 Å². The summed E-state index contributed by atoms with van der Waals surface area (Å²) in [5, 5.41) is 11.4. The Labute approximate surface area is 181 Å². The van der Waals surface area contributed by atoms with E-state index in [1.54, 1.807) is 60.9 Å². The third-order valence-corrected chi connectivity index (χ3v) is 6.66. The van der Waals surface area contributed by atoms with Gasteiger partial charge in [-0.05, 0) is 28.4 Å². The van der Waals surface area contributed by atoms with Crippen LogP contribution in [0.2, 0.25) is 0 Å². The van der Waals surface area contributed by atoms with Crippen LogP contribution < -0.4 is 5.32 Å². The third kappa shape index (κ3) is 4.23. The molecule has 9 heteroatoms. The van der Waals surface area contributed by atoms with Gasteiger partial charge in [0.15, 0.2) is 6.04 Å². The van der Waals surface area contributed by atoms with Crippen molar-refractivity contribution < 1.29 is 24.0 Å². The van der Waals surface area contributed by atoms with Gasteiger partial charge in [0.05, 0.1) is 6.42 Å². The highest BCUT2D eigenvalue weighted by atomic mass is 32.2. The fourth-order valence-corrected chi connectivity index (χ4v) is 5.25. The van der Waals surface area contributed by atoms with Crippen LogP contribution in [-0.4, -0.2) is 54.5 Å². The summed E-state index contributed by atoms with van der Waals surface area (Å²) in [6.45, 7) is 0. The number of carbonyl (C=O) groups excluding carboxylic acids is 2. The molecular formula is C22H19N3O5S. The number of hydrogen-bond donors (Lipinski definition) is 2. The molecule has 31 heavy (non-hydrogen) atoms. The van der Waals surface area contributed by atoms with Gasteiger partial charge < -0.3 is 15.0 Å². The number of carbonyl (C=O) groups is 3. The standard InChI is InChI=1S/C22H19N3O5S/c26-17(11-14-5-2-1-3-6-14)24-18-20(27)25-19(22(28)29)16(13-31(30)21(18)25)9-8-15-7-4-10-23-12-15/h1-10,12,18,21H,11,13H2,(H,24,26)(H,28,29)/b9-8+/t18?,21-,31?/m1/s1. The Morgan fingerprint density at radius 1 is 1.23 bits per heavy atom. The normalized spacial score (nSPS) is 22.8. The van der Waals surface area contributed by atoms with Crippen LogP contribution in [0.15, 0.2) is 72.2 Å². The molecule has 2 aliphatic heterocycles. The number of fused-ring (bicyclic) bond motifs is 1. The van der Waals surface area contributed by atoms with Crippen LogP contribution in [-0.2, 0) is 32.0 Å². The lowest BCUT2D eigenvalue weighted by atomic mass is 10.0. The van der Waals surface area contributed by atoms with Crippen molar-refractivity contribution in [3.63, 3.8) is 0 Å². The van der Waals surface area contributed by atoms with E-state index in [9.17, 15) is 24.0 Å². The van der Waals surface area contributed by atoms with Crippen molar-refractivity contribution in [3.8, 4) is 0 Å². The molecule has 1 aromatic carbocycles. The molecule has 0 saturated carbocycles.